The maximum absolute atomic E-state index is 11.2. The summed E-state index contributed by atoms with van der Waals surface area (Å²) >= 11 is 0. The lowest BCUT2D eigenvalue weighted by atomic mass is 10.3. The van der Waals surface area contributed by atoms with Gasteiger partial charge in [-0.15, -0.1) is 0 Å². The number of nitrogens with zero attached hydrogens (tertiary/aromatic N) is 1. The smallest absolute Gasteiger partial charge is 0.269 e. The number of hydrogen-bond donors (Lipinski definition) is 0. The molecule has 1 rings (SSSR count). The fourth-order valence-electron chi connectivity index (χ4n) is 1.34. The highest BCUT2D eigenvalue weighted by Crippen LogP contribution is 2.15. The van der Waals surface area contributed by atoms with Crippen LogP contribution in [-0.4, -0.2) is 19.9 Å². The van der Waals surface area contributed by atoms with Crippen molar-refractivity contribution in [3.05, 3.63) is 0 Å². The minimum atomic E-state index is -3.42. The third-order valence-electron chi connectivity index (χ3n) is 2.21. The molecule has 4 nitrogen and oxygen atoms in total. The molecule has 1 aliphatic rings. The summed E-state index contributed by atoms with van der Waals surface area (Å²) in [5.74, 6) is 0.0697. The zero-order chi connectivity index (χ0) is 10.4. The summed E-state index contributed by atoms with van der Waals surface area (Å²) in [6.45, 7) is 1.94. The van der Waals surface area contributed by atoms with Gasteiger partial charge in [-0.2, -0.15) is 8.42 Å². The average molecular weight is 219 g/mol. The molecule has 0 bridgehead atoms. The molecule has 14 heavy (non-hydrogen) atoms. The predicted molar refractivity (Wildman–Crippen MR) is 55.7 cm³/mol. The van der Waals surface area contributed by atoms with Crippen LogP contribution in [0.5, 0.6) is 0 Å². The van der Waals surface area contributed by atoms with E-state index in [9.17, 15) is 8.42 Å². The van der Waals surface area contributed by atoms with Gasteiger partial charge in [0.05, 0.1) is 11.5 Å². The largest absolute Gasteiger partial charge is 0.328 e. The molecule has 0 amide bonds. The summed E-state index contributed by atoms with van der Waals surface area (Å²) in [6, 6.07) is 0. The molecular formula is C9H17NO3S. The van der Waals surface area contributed by atoms with E-state index < -0.39 is 10.1 Å². The molecule has 0 unspecified atom stereocenters. The van der Waals surface area contributed by atoms with Gasteiger partial charge < -0.3 is 0 Å². The zero-order valence-electron chi connectivity index (χ0n) is 8.53. The third kappa shape index (κ3) is 4.09. The molecule has 0 aromatic heterocycles. The van der Waals surface area contributed by atoms with Gasteiger partial charge >= 0.3 is 10.1 Å². The Morgan fingerprint density at radius 2 is 2.00 bits per heavy atom. The minimum absolute atomic E-state index is 0.0697. The Labute approximate surface area is 85.5 Å². The topological polar surface area (TPSA) is 55.7 Å². The summed E-state index contributed by atoms with van der Waals surface area (Å²) < 4.78 is 27.0. The van der Waals surface area contributed by atoms with Crippen LogP contribution in [0, 0.1) is 0 Å². The fourth-order valence-corrected chi connectivity index (χ4v) is 2.28. The van der Waals surface area contributed by atoms with E-state index in [0.29, 0.717) is 6.42 Å². The van der Waals surface area contributed by atoms with Crippen molar-refractivity contribution in [1.82, 2.24) is 0 Å². The highest BCUT2D eigenvalue weighted by molar-refractivity contribution is 7.86. The lowest BCUT2D eigenvalue weighted by Gasteiger charge is -2.00. The normalized spacial score (nSPS) is 17.1. The maximum atomic E-state index is 11.2. The van der Waals surface area contributed by atoms with Gasteiger partial charge in [0.1, 0.15) is 0 Å². The van der Waals surface area contributed by atoms with E-state index in [1.807, 2.05) is 6.92 Å². The third-order valence-corrected chi connectivity index (χ3v) is 3.30. The first-order valence-corrected chi connectivity index (χ1v) is 6.69. The first kappa shape index (κ1) is 11.5. The fraction of sp³-hybridized carbons (Fsp3) is 0.889. The van der Waals surface area contributed by atoms with Crippen LogP contribution in [0.2, 0.25) is 0 Å². The van der Waals surface area contributed by atoms with Crippen molar-refractivity contribution >= 4 is 15.8 Å². The Morgan fingerprint density at radius 3 is 2.57 bits per heavy atom. The maximum Gasteiger partial charge on any atom is 0.328 e. The van der Waals surface area contributed by atoms with E-state index in [-0.39, 0.29) is 5.75 Å². The second-order valence-corrected chi connectivity index (χ2v) is 5.23. The molecule has 0 N–H and O–H groups in total. The standard InChI is InChI=1S/C9H17NO3S/c1-2-3-8-14(11,12)13-10-9-6-4-5-7-9/h2-8H2,1H3. The van der Waals surface area contributed by atoms with Crippen LogP contribution in [0.15, 0.2) is 5.16 Å². The molecule has 0 heterocycles. The first-order valence-electron chi connectivity index (χ1n) is 5.11. The Kier molecular flexibility index (Phi) is 4.38. The van der Waals surface area contributed by atoms with Gasteiger partial charge in [0.15, 0.2) is 0 Å². The van der Waals surface area contributed by atoms with E-state index >= 15 is 0 Å². The number of unbranched alkanes of at least 4 members (excludes halogenated alkanes) is 1. The lowest BCUT2D eigenvalue weighted by Crippen LogP contribution is -2.08. The molecule has 0 aliphatic heterocycles. The monoisotopic (exact) mass is 219 g/mol. The van der Waals surface area contributed by atoms with Crippen molar-refractivity contribution in [2.24, 2.45) is 5.16 Å². The highest BCUT2D eigenvalue weighted by Gasteiger charge is 2.13. The Bertz CT molecular complexity index is 287. The van der Waals surface area contributed by atoms with Crippen LogP contribution in [0.3, 0.4) is 0 Å². The molecule has 0 spiro atoms. The molecule has 1 saturated carbocycles. The first-order chi connectivity index (χ1) is 6.64. The van der Waals surface area contributed by atoms with Gasteiger partial charge in [0, 0.05) is 0 Å². The molecule has 1 fully saturated rings. The second-order valence-electron chi connectivity index (χ2n) is 3.55. The van der Waals surface area contributed by atoms with Crippen molar-refractivity contribution in [3.63, 3.8) is 0 Å². The summed E-state index contributed by atoms with van der Waals surface area (Å²) in [6.07, 6.45) is 5.42. The van der Waals surface area contributed by atoms with Gasteiger partial charge in [-0.05, 0) is 32.1 Å². The average Bonchev–Trinajstić information content (AvgIpc) is 2.64. The minimum Gasteiger partial charge on any atom is -0.269 e. The van der Waals surface area contributed by atoms with Crippen LogP contribution in [0.25, 0.3) is 0 Å². The van der Waals surface area contributed by atoms with E-state index in [2.05, 4.69) is 9.44 Å². The van der Waals surface area contributed by atoms with Crippen LogP contribution in [-0.2, 0) is 14.4 Å². The van der Waals surface area contributed by atoms with E-state index in [1.54, 1.807) is 0 Å². The molecule has 82 valence electrons. The molecular weight excluding hydrogens is 202 g/mol. The molecule has 0 saturated heterocycles. The SMILES string of the molecule is CCCCS(=O)(=O)ON=C1CCCC1. The molecule has 0 aromatic rings. The van der Waals surface area contributed by atoms with E-state index in [4.69, 9.17) is 0 Å². The van der Waals surface area contributed by atoms with Crippen molar-refractivity contribution < 1.29 is 12.7 Å². The highest BCUT2D eigenvalue weighted by atomic mass is 32.2. The van der Waals surface area contributed by atoms with Gasteiger partial charge in [0.2, 0.25) is 0 Å². The van der Waals surface area contributed by atoms with Crippen molar-refractivity contribution in [2.45, 2.75) is 45.4 Å². The molecule has 5 heteroatoms. The summed E-state index contributed by atoms with van der Waals surface area (Å²) in [5, 5.41) is 3.68. The van der Waals surface area contributed by atoms with Gasteiger partial charge in [-0.3, -0.25) is 4.28 Å². The van der Waals surface area contributed by atoms with Gasteiger partial charge in [-0.1, -0.05) is 18.5 Å². The predicted octanol–water partition coefficient (Wildman–Crippen LogP) is 2.06. The Balaban J connectivity index is 2.38. The van der Waals surface area contributed by atoms with E-state index in [1.165, 1.54) is 0 Å². The van der Waals surface area contributed by atoms with Crippen LogP contribution < -0.4 is 0 Å². The van der Waals surface area contributed by atoms with Crippen LogP contribution in [0.1, 0.15) is 45.4 Å². The van der Waals surface area contributed by atoms with E-state index in [0.717, 1.165) is 37.8 Å². The Morgan fingerprint density at radius 1 is 1.36 bits per heavy atom. The molecule has 0 aromatic carbocycles. The quantitative estimate of drug-likeness (QED) is 0.665. The lowest BCUT2D eigenvalue weighted by molar-refractivity contribution is 0.336. The summed E-state index contributed by atoms with van der Waals surface area (Å²) in [5.41, 5.74) is 0.880. The molecule has 1 aliphatic carbocycles. The van der Waals surface area contributed by atoms with Gasteiger partial charge in [0.25, 0.3) is 0 Å². The second kappa shape index (κ2) is 5.34. The number of hydrogen-bond acceptors (Lipinski definition) is 4. The summed E-state index contributed by atoms with van der Waals surface area (Å²) in [7, 11) is -3.42. The zero-order valence-corrected chi connectivity index (χ0v) is 9.35. The van der Waals surface area contributed by atoms with Crippen molar-refractivity contribution in [2.75, 3.05) is 5.75 Å². The van der Waals surface area contributed by atoms with Crippen LogP contribution in [0.4, 0.5) is 0 Å². The van der Waals surface area contributed by atoms with Crippen molar-refractivity contribution in [3.8, 4) is 0 Å². The van der Waals surface area contributed by atoms with Gasteiger partial charge in [-0.25, -0.2) is 0 Å². The van der Waals surface area contributed by atoms with Crippen molar-refractivity contribution in [1.29, 1.82) is 0 Å². The summed E-state index contributed by atoms with van der Waals surface area (Å²) in [4.78, 5) is 0. The molecule has 0 radical (unpaired) electrons. The number of oxime groups is 1. The number of rotatable bonds is 5. The Hall–Kier alpha value is -0.580. The van der Waals surface area contributed by atoms with Crippen LogP contribution >= 0.6 is 0 Å². The molecule has 0 atom stereocenters.